The summed E-state index contributed by atoms with van der Waals surface area (Å²) in [6.45, 7) is 2.34. The molecule has 0 saturated carbocycles. The van der Waals surface area contributed by atoms with E-state index < -0.39 is 5.97 Å². The first kappa shape index (κ1) is 19.1. The number of carbonyl (C=O) groups is 2. The van der Waals surface area contributed by atoms with Crippen LogP contribution in [0.3, 0.4) is 0 Å². The minimum Gasteiger partial charge on any atom is -0.462 e. The molecule has 0 aliphatic carbocycles. The molecule has 25 heavy (non-hydrogen) atoms. The molecule has 0 spiro atoms. The Labute approximate surface area is 156 Å². The number of nitrogens with one attached hydrogen (secondary N) is 2. The highest BCUT2D eigenvalue weighted by molar-refractivity contribution is 6.39. The van der Waals surface area contributed by atoms with Gasteiger partial charge in [-0.05, 0) is 31.2 Å². The lowest BCUT2D eigenvalue weighted by molar-refractivity contribution is -0.115. The summed E-state index contributed by atoms with van der Waals surface area (Å²) >= 11 is 12.1. The van der Waals surface area contributed by atoms with Crippen molar-refractivity contribution in [3.8, 4) is 0 Å². The van der Waals surface area contributed by atoms with Crippen LogP contribution in [0.1, 0.15) is 23.7 Å². The first-order valence-corrected chi connectivity index (χ1v) is 8.52. The summed E-state index contributed by atoms with van der Waals surface area (Å²) in [5, 5.41) is 6.73. The average Bonchev–Trinajstić information content (AvgIpc) is 2.58. The smallest absolute Gasteiger partial charge is 0.340 e. The molecule has 0 aromatic heterocycles. The van der Waals surface area contributed by atoms with E-state index in [1.807, 2.05) is 0 Å². The molecular weight excluding hydrogens is 363 g/mol. The fourth-order valence-corrected chi connectivity index (χ4v) is 2.69. The van der Waals surface area contributed by atoms with Crippen molar-refractivity contribution in [2.75, 3.05) is 23.8 Å². The van der Waals surface area contributed by atoms with Gasteiger partial charge in [-0.1, -0.05) is 41.4 Å². The third-order valence-corrected chi connectivity index (χ3v) is 3.94. The second-order valence-electron chi connectivity index (χ2n) is 5.09. The molecule has 7 heteroatoms. The van der Waals surface area contributed by atoms with Gasteiger partial charge in [0, 0.05) is 13.0 Å². The molecular formula is C18H18Cl2N2O3. The number of para-hydroxylation sites is 2. The number of amides is 1. The predicted molar refractivity (Wildman–Crippen MR) is 101 cm³/mol. The summed E-state index contributed by atoms with van der Waals surface area (Å²) in [7, 11) is 0. The van der Waals surface area contributed by atoms with E-state index in [0.717, 1.165) is 0 Å². The van der Waals surface area contributed by atoms with Crippen molar-refractivity contribution in [3.63, 3.8) is 0 Å². The topological polar surface area (TPSA) is 67.4 Å². The predicted octanol–water partition coefficient (Wildman–Crippen LogP) is 4.61. The zero-order valence-electron chi connectivity index (χ0n) is 13.6. The summed E-state index contributed by atoms with van der Waals surface area (Å²) in [6, 6.07) is 11.9. The Morgan fingerprint density at radius 1 is 1.04 bits per heavy atom. The largest absolute Gasteiger partial charge is 0.462 e. The highest BCUT2D eigenvalue weighted by atomic mass is 35.5. The van der Waals surface area contributed by atoms with Crippen LogP contribution < -0.4 is 10.6 Å². The van der Waals surface area contributed by atoms with E-state index >= 15 is 0 Å². The molecule has 0 radical (unpaired) electrons. The number of benzene rings is 2. The van der Waals surface area contributed by atoms with E-state index in [-0.39, 0.29) is 18.9 Å². The van der Waals surface area contributed by atoms with Gasteiger partial charge < -0.3 is 15.4 Å². The van der Waals surface area contributed by atoms with Crippen LogP contribution in [0.15, 0.2) is 42.5 Å². The van der Waals surface area contributed by atoms with Crippen LogP contribution in [0.25, 0.3) is 0 Å². The minimum atomic E-state index is -0.473. The van der Waals surface area contributed by atoms with Crippen LogP contribution in [-0.4, -0.2) is 25.0 Å². The molecule has 2 aromatic rings. The third kappa shape index (κ3) is 5.37. The molecule has 0 aliphatic heterocycles. The van der Waals surface area contributed by atoms with Gasteiger partial charge in [0.2, 0.25) is 5.91 Å². The maximum Gasteiger partial charge on any atom is 0.340 e. The Morgan fingerprint density at radius 3 is 2.40 bits per heavy atom. The van der Waals surface area contributed by atoms with Crippen molar-refractivity contribution in [1.82, 2.24) is 0 Å². The SMILES string of the molecule is CCOC(=O)c1ccccc1NC(=O)CCNc1c(Cl)cccc1Cl. The summed E-state index contributed by atoms with van der Waals surface area (Å²) in [6.07, 6.45) is 0.179. The van der Waals surface area contributed by atoms with Gasteiger partial charge in [-0.2, -0.15) is 0 Å². The van der Waals surface area contributed by atoms with E-state index in [1.165, 1.54) is 0 Å². The number of hydrogen-bond acceptors (Lipinski definition) is 4. The maximum atomic E-state index is 12.1. The van der Waals surface area contributed by atoms with Crippen molar-refractivity contribution >= 4 is 46.5 Å². The van der Waals surface area contributed by atoms with Crippen LogP contribution in [-0.2, 0) is 9.53 Å². The lowest BCUT2D eigenvalue weighted by atomic mass is 10.1. The van der Waals surface area contributed by atoms with Gasteiger partial charge in [-0.15, -0.1) is 0 Å². The number of ether oxygens (including phenoxy) is 1. The Hall–Kier alpha value is -2.24. The van der Waals surface area contributed by atoms with Crippen LogP contribution in [0.2, 0.25) is 10.0 Å². The van der Waals surface area contributed by atoms with Gasteiger partial charge in [0.05, 0.1) is 33.6 Å². The zero-order chi connectivity index (χ0) is 18.2. The molecule has 2 N–H and O–H groups in total. The first-order valence-electron chi connectivity index (χ1n) is 7.76. The number of rotatable bonds is 7. The number of esters is 1. The van der Waals surface area contributed by atoms with Crippen molar-refractivity contribution in [2.24, 2.45) is 0 Å². The van der Waals surface area contributed by atoms with Crippen molar-refractivity contribution in [1.29, 1.82) is 0 Å². The van der Waals surface area contributed by atoms with E-state index in [2.05, 4.69) is 10.6 Å². The monoisotopic (exact) mass is 380 g/mol. The lowest BCUT2D eigenvalue weighted by Crippen LogP contribution is -2.18. The van der Waals surface area contributed by atoms with Crippen molar-refractivity contribution < 1.29 is 14.3 Å². The fraction of sp³-hybridized carbons (Fsp3) is 0.222. The standard InChI is InChI=1S/C18H18Cl2N2O3/c1-2-25-18(24)12-6-3-4-9-15(12)22-16(23)10-11-21-17-13(19)7-5-8-14(17)20/h3-9,21H,2,10-11H2,1H3,(H,22,23). The summed E-state index contributed by atoms with van der Waals surface area (Å²) in [4.78, 5) is 24.0. The van der Waals surface area contributed by atoms with Gasteiger partial charge in [-0.3, -0.25) is 4.79 Å². The third-order valence-electron chi connectivity index (χ3n) is 3.31. The van der Waals surface area contributed by atoms with E-state index in [0.29, 0.717) is 33.5 Å². The fourth-order valence-electron chi connectivity index (χ4n) is 2.16. The van der Waals surface area contributed by atoms with E-state index in [1.54, 1.807) is 49.4 Å². The van der Waals surface area contributed by atoms with Gasteiger partial charge in [-0.25, -0.2) is 4.79 Å². The molecule has 0 aliphatic rings. The average molecular weight is 381 g/mol. The van der Waals surface area contributed by atoms with Gasteiger partial charge in [0.25, 0.3) is 0 Å². The highest BCUT2D eigenvalue weighted by Gasteiger charge is 2.14. The summed E-state index contributed by atoms with van der Waals surface area (Å²) < 4.78 is 4.98. The molecule has 0 heterocycles. The number of hydrogen-bond donors (Lipinski definition) is 2. The van der Waals surface area contributed by atoms with Crippen LogP contribution in [0.5, 0.6) is 0 Å². The van der Waals surface area contributed by atoms with E-state index in [4.69, 9.17) is 27.9 Å². The number of halogens is 2. The molecule has 2 aromatic carbocycles. The van der Waals surface area contributed by atoms with Gasteiger partial charge >= 0.3 is 5.97 Å². The molecule has 5 nitrogen and oxygen atoms in total. The quantitative estimate of drug-likeness (QED) is 0.688. The molecule has 0 saturated heterocycles. The normalized spacial score (nSPS) is 10.2. The Balaban J connectivity index is 1.94. The first-order chi connectivity index (χ1) is 12.0. The zero-order valence-corrected chi connectivity index (χ0v) is 15.2. The second-order valence-corrected chi connectivity index (χ2v) is 5.90. The molecule has 0 fully saturated rings. The van der Waals surface area contributed by atoms with Crippen molar-refractivity contribution in [2.45, 2.75) is 13.3 Å². The maximum absolute atomic E-state index is 12.1. The van der Waals surface area contributed by atoms with Gasteiger partial charge in [0.1, 0.15) is 0 Å². The van der Waals surface area contributed by atoms with Crippen LogP contribution in [0, 0.1) is 0 Å². The molecule has 0 atom stereocenters. The van der Waals surface area contributed by atoms with E-state index in [9.17, 15) is 9.59 Å². The molecule has 132 valence electrons. The summed E-state index contributed by atoms with van der Waals surface area (Å²) in [5.41, 5.74) is 1.33. The Morgan fingerprint density at radius 2 is 1.72 bits per heavy atom. The number of carbonyl (C=O) groups excluding carboxylic acids is 2. The minimum absolute atomic E-state index is 0.179. The van der Waals surface area contributed by atoms with Gasteiger partial charge in [0.15, 0.2) is 0 Å². The molecule has 2 rings (SSSR count). The Bertz CT molecular complexity index is 745. The molecule has 0 bridgehead atoms. The molecule has 0 unspecified atom stereocenters. The summed E-state index contributed by atoms with van der Waals surface area (Å²) in [5.74, 6) is -0.716. The van der Waals surface area contributed by atoms with Crippen LogP contribution in [0.4, 0.5) is 11.4 Å². The lowest BCUT2D eigenvalue weighted by Gasteiger charge is -2.12. The Kier molecular flexibility index (Phi) is 7.10. The highest BCUT2D eigenvalue weighted by Crippen LogP contribution is 2.29. The van der Waals surface area contributed by atoms with Crippen LogP contribution >= 0.6 is 23.2 Å². The molecule has 1 amide bonds. The van der Waals surface area contributed by atoms with Crippen molar-refractivity contribution in [3.05, 3.63) is 58.1 Å². The number of anilines is 2. The second kappa shape index (κ2) is 9.30.